The van der Waals surface area contributed by atoms with Crippen LogP contribution in [0.5, 0.6) is 0 Å². The van der Waals surface area contributed by atoms with E-state index in [1.54, 1.807) is 0 Å². The number of hydrogen-bond donors (Lipinski definition) is 1. The third-order valence-corrected chi connectivity index (χ3v) is 1.49. The minimum atomic E-state index is 0.903. The van der Waals surface area contributed by atoms with Crippen LogP contribution >= 0.6 is 0 Å². The van der Waals surface area contributed by atoms with Gasteiger partial charge in [-0.1, -0.05) is 47.0 Å². The molecule has 0 aliphatic rings. The molecule has 0 bridgehead atoms. The zero-order valence-corrected chi connectivity index (χ0v) is 8.91. The molecule has 0 saturated heterocycles. The van der Waals surface area contributed by atoms with Crippen molar-refractivity contribution in [3.8, 4) is 0 Å². The van der Waals surface area contributed by atoms with Crippen molar-refractivity contribution in [2.24, 2.45) is 5.92 Å². The maximum atomic E-state index is 2.93. The molecule has 0 saturated carbocycles. The van der Waals surface area contributed by atoms with Gasteiger partial charge in [0, 0.05) is 0 Å². The Labute approximate surface area is 72.6 Å². The lowest BCUT2D eigenvalue weighted by Gasteiger charge is -1.98. The normalized spacial score (nSPS) is 9.27. The van der Waals surface area contributed by atoms with Gasteiger partial charge in [-0.2, -0.15) is 0 Å². The van der Waals surface area contributed by atoms with Crippen LogP contribution in [0.25, 0.3) is 0 Å². The van der Waals surface area contributed by atoms with E-state index < -0.39 is 0 Å². The minimum absolute atomic E-state index is 0.903. The highest BCUT2D eigenvalue weighted by molar-refractivity contribution is 4.42. The van der Waals surface area contributed by atoms with Crippen molar-refractivity contribution in [3.05, 3.63) is 0 Å². The van der Waals surface area contributed by atoms with Gasteiger partial charge in [-0.25, -0.2) is 0 Å². The van der Waals surface area contributed by atoms with Gasteiger partial charge in [0.2, 0.25) is 0 Å². The molecule has 0 aliphatic carbocycles. The van der Waals surface area contributed by atoms with Crippen LogP contribution in [-0.4, -0.2) is 13.6 Å². The van der Waals surface area contributed by atoms with Crippen molar-refractivity contribution in [3.63, 3.8) is 0 Å². The third kappa shape index (κ3) is 25.7. The second-order valence-corrected chi connectivity index (χ2v) is 3.24. The third-order valence-electron chi connectivity index (χ3n) is 1.49. The largest absolute Gasteiger partial charge is 0.320 e. The predicted octanol–water partition coefficient (Wildman–Crippen LogP) is 3.06. The minimum Gasteiger partial charge on any atom is -0.320 e. The van der Waals surface area contributed by atoms with Gasteiger partial charge in [0.05, 0.1) is 0 Å². The molecule has 0 amide bonds. The molecule has 0 spiro atoms. The molecule has 0 atom stereocenters. The topological polar surface area (TPSA) is 12.0 Å². The van der Waals surface area contributed by atoms with Gasteiger partial charge in [0.1, 0.15) is 0 Å². The number of nitrogens with one attached hydrogen (secondary N) is 1. The van der Waals surface area contributed by atoms with E-state index in [9.17, 15) is 0 Å². The first-order valence-corrected chi connectivity index (χ1v) is 4.83. The van der Waals surface area contributed by atoms with Gasteiger partial charge < -0.3 is 5.32 Å². The average molecular weight is 159 g/mol. The summed E-state index contributed by atoms with van der Waals surface area (Å²) in [7, 11) is 1.93. The molecule has 0 rings (SSSR count). The van der Waals surface area contributed by atoms with Crippen molar-refractivity contribution >= 4 is 0 Å². The van der Waals surface area contributed by atoms with Crippen molar-refractivity contribution in [2.45, 2.75) is 47.0 Å². The summed E-state index contributed by atoms with van der Waals surface area (Å²) in [6, 6.07) is 0. The number of rotatable bonds is 4. The van der Waals surface area contributed by atoms with E-state index in [1.165, 1.54) is 19.3 Å². The van der Waals surface area contributed by atoms with Crippen LogP contribution in [0.3, 0.4) is 0 Å². The molecular weight excluding hydrogens is 134 g/mol. The molecular formula is C10H25N. The maximum Gasteiger partial charge on any atom is -0.00804 e. The van der Waals surface area contributed by atoms with E-state index in [4.69, 9.17) is 0 Å². The summed E-state index contributed by atoms with van der Waals surface area (Å²) >= 11 is 0. The van der Waals surface area contributed by atoms with Gasteiger partial charge in [0.15, 0.2) is 0 Å². The first-order chi connectivity index (χ1) is 5.18. The molecule has 0 aromatic heterocycles. The molecule has 0 aromatic rings. The smallest absolute Gasteiger partial charge is 0.00804 e. The fraction of sp³-hybridized carbons (Fsp3) is 1.00. The summed E-state index contributed by atoms with van der Waals surface area (Å²) < 4.78 is 0. The molecule has 0 fully saturated rings. The van der Waals surface area contributed by atoms with Crippen LogP contribution in [0.15, 0.2) is 0 Å². The monoisotopic (exact) mass is 159 g/mol. The molecule has 0 radical (unpaired) electrons. The Bertz CT molecular complexity index is 48.8. The highest BCUT2D eigenvalue weighted by Crippen LogP contribution is 2.04. The van der Waals surface area contributed by atoms with Crippen LogP contribution in [0.1, 0.15) is 47.0 Å². The SMILES string of the molecule is CCCCC(C)C.CCNC. The summed E-state index contributed by atoms with van der Waals surface area (Å²) in [5, 5.41) is 2.93. The van der Waals surface area contributed by atoms with E-state index in [-0.39, 0.29) is 0 Å². The van der Waals surface area contributed by atoms with Crippen molar-refractivity contribution in [1.29, 1.82) is 0 Å². The zero-order valence-electron chi connectivity index (χ0n) is 8.91. The van der Waals surface area contributed by atoms with E-state index >= 15 is 0 Å². The summed E-state index contributed by atoms with van der Waals surface area (Å²) in [6.07, 6.45) is 4.15. The molecule has 1 heteroatoms. The Morgan fingerprint density at radius 1 is 1.18 bits per heavy atom. The molecule has 0 heterocycles. The Morgan fingerprint density at radius 2 is 1.64 bits per heavy atom. The van der Waals surface area contributed by atoms with Crippen molar-refractivity contribution in [1.82, 2.24) is 5.32 Å². The Balaban J connectivity index is 0. The highest BCUT2D eigenvalue weighted by Gasteiger charge is 1.88. The summed E-state index contributed by atoms with van der Waals surface area (Å²) in [5.41, 5.74) is 0. The predicted molar refractivity (Wildman–Crippen MR) is 54.0 cm³/mol. The van der Waals surface area contributed by atoms with Gasteiger partial charge >= 0.3 is 0 Å². The highest BCUT2D eigenvalue weighted by atomic mass is 14.8. The lowest BCUT2D eigenvalue weighted by atomic mass is 10.1. The standard InChI is InChI=1S/C7H16.C3H9N/c1-4-5-6-7(2)3;1-3-4-2/h7H,4-6H2,1-3H3;4H,3H2,1-2H3. The second kappa shape index (κ2) is 12.6. The quantitative estimate of drug-likeness (QED) is 0.665. The van der Waals surface area contributed by atoms with Crippen LogP contribution in [0.2, 0.25) is 0 Å². The number of hydrogen-bond acceptors (Lipinski definition) is 1. The van der Waals surface area contributed by atoms with E-state index in [0.717, 1.165) is 12.5 Å². The first kappa shape index (κ1) is 13.5. The van der Waals surface area contributed by atoms with Gasteiger partial charge in [0.25, 0.3) is 0 Å². The van der Waals surface area contributed by atoms with E-state index in [0.29, 0.717) is 0 Å². The zero-order chi connectivity index (χ0) is 9.11. The van der Waals surface area contributed by atoms with Crippen molar-refractivity contribution < 1.29 is 0 Å². The average Bonchev–Trinajstić information content (AvgIpc) is 2.01. The molecule has 11 heavy (non-hydrogen) atoms. The lowest BCUT2D eigenvalue weighted by molar-refractivity contribution is 0.550. The molecule has 0 unspecified atom stereocenters. The first-order valence-electron chi connectivity index (χ1n) is 4.83. The fourth-order valence-corrected chi connectivity index (χ4v) is 0.612. The Hall–Kier alpha value is -0.0400. The summed E-state index contributed by atoms with van der Waals surface area (Å²) in [5.74, 6) is 0.903. The van der Waals surface area contributed by atoms with Gasteiger partial charge in [-0.3, -0.25) is 0 Å². The maximum absolute atomic E-state index is 2.93. The fourth-order valence-electron chi connectivity index (χ4n) is 0.612. The Kier molecular flexibility index (Phi) is 15.5. The van der Waals surface area contributed by atoms with E-state index in [1.807, 2.05) is 7.05 Å². The Morgan fingerprint density at radius 3 is 1.73 bits per heavy atom. The molecule has 0 aliphatic heterocycles. The van der Waals surface area contributed by atoms with Crippen LogP contribution in [-0.2, 0) is 0 Å². The molecule has 70 valence electrons. The van der Waals surface area contributed by atoms with Crippen LogP contribution in [0.4, 0.5) is 0 Å². The number of unbranched alkanes of at least 4 members (excludes halogenated alkanes) is 1. The summed E-state index contributed by atoms with van der Waals surface area (Å²) in [4.78, 5) is 0. The van der Waals surface area contributed by atoms with Crippen LogP contribution < -0.4 is 5.32 Å². The lowest BCUT2D eigenvalue weighted by Crippen LogP contribution is -2.01. The molecule has 1 N–H and O–H groups in total. The van der Waals surface area contributed by atoms with E-state index in [2.05, 4.69) is 33.0 Å². The van der Waals surface area contributed by atoms with Gasteiger partial charge in [-0.05, 0) is 19.5 Å². The second-order valence-electron chi connectivity index (χ2n) is 3.24. The molecule has 0 aromatic carbocycles. The molecule has 1 nitrogen and oxygen atoms in total. The van der Waals surface area contributed by atoms with Gasteiger partial charge in [-0.15, -0.1) is 0 Å². The van der Waals surface area contributed by atoms with Crippen molar-refractivity contribution in [2.75, 3.05) is 13.6 Å². The summed E-state index contributed by atoms with van der Waals surface area (Å²) in [6.45, 7) is 9.92. The van der Waals surface area contributed by atoms with Crippen LogP contribution in [0, 0.1) is 5.92 Å².